The Morgan fingerprint density at radius 3 is 2.41 bits per heavy atom. The van der Waals surface area contributed by atoms with E-state index < -0.39 is 11.9 Å². The van der Waals surface area contributed by atoms with Gasteiger partial charge in [0.25, 0.3) is 0 Å². The number of nitrogens with zero attached hydrogens (tertiary/aromatic N) is 2. The topological polar surface area (TPSA) is 111 Å². The number of aryl methyl sites for hydroxylation is 1. The van der Waals surface area contributed by atoms with Gasteiger partial charge in [-0.3, -0.25) is 14.5 Å². The molecule has 1 aliphatic heterocycles. The van der Waals surface area contributed by atoms with Crippen LogP contribution < -0.4 is 15.5 Å². The van der Waals surface area contributed by atoms with Crippen molar-refractivity contribution in [3.63, 3.8) is 0 Å². The van der Waals surface area contributed by atoms with Crippen molar-refractivity contribution in [1.82, 2.24) is 4.90 Å². The lowest BCUT2D eigenvalue weighted by Crippen LogP contribution is -2.48. The molecule has 0 saturated carbocycles. The number of hydrogen-bond acceptors (Lipinski definition) is 6. The van der Waals surface area contributed by atoms with Gasteiger partial charge < -0.3 is 25.4 Å². The molecule has 2 aromatic carbocycles. The Morgan fingerprint density at radius 2 is 1.75 bits per heavy atom. The van der Waals surface area contributed by atoms with Gasteiger partial charge in [-0.2, -0.15) is 0 Å². The molecule has 1 heterocycles. The number of piperazine rings is 1. The van der Waals surface area contributed by atoms with E-state index in [1.807, 2.05) is 31.2 Å². The van der Waals surface area contributed by atoms with Gasteiger partial charge in [0.15, 0.2) is 0 Å². The van der Waals surface area contributed by atoms with Crippen molar-refractivity contribution in [3.8, 4) is 0 Å². The third kappa shape index (κ3) is 6.29. The number of methoxy groups -OCH3 is 1. The molecular weight excluding hydrogens is 412 g/mol. The smallest absolute Gasteiger partial charge is 0.337 e. The number of anilines is 3. The molecule has 9 heteroatoms. The van der Waals surface area contributed by atoms with Crippen LogP contribution in [0.1, 0.15) is 15.9 Å². The van der Waals surface area contributed by atoms with Gasteiger partial charge in [-0.05, 0) is 42.8 Å². The minimum atomic E-state index is -1.12. The van der Waals surface area contributed by atoms with Gasteiger partial charge in [0, 0.05) is 44.7 Å². The highest BCUT2D eigenvalue weighted by Crippen LogP contribution is 2.25. The van der Waals surface area contributed by atoms with E-state index in [0.29, 0.717) is 32.7 Å². The number of carboxylic acids is 1. The zero-order valence-corrected chi connectivity index (χ0v) is 18.3. The molecule has 0 spiro atoms. The number of amides is 2. The fourth-order valence-corrected chi connectivity index (χ4v) is 3.62. The first-order valence-electron chi connectivity index (χ1n) is 10.4. The third-order valence-corrected chi connectivity index (χ3v) is 5.19. The molecule has 32 heavy (non-hydrogen) atoms. The van der Waals surface area contributed by atoms with E-state index in [0.717, 1.165) is 16.9 Å². The Kier molecular flexibility index (Phi) is 7.80. The zero-order valence-electron chi connectivity index (χ0n) is 18.3. The number of hydrogen-bond donors (Lipinski definition) is 3. The quantitative estimate of drug-likeness (QED) is 0.576. The molecule has 2 amide bonds. The molecule has 1 fully saturated rings. The molecule has 1 aliphatic rings. The van der Waals surface area contributed by atoms with Crippen molar-refractivity contribution in [2.75, 3.05) is 62.0 Å². The Balaban J connectivity index is 1.57. The highest BCUT2D eigenvalue weighted by molar-refractivity contribution is 6.01. The minimum Gasteiger partial charge on any atom is -0.478 e. The van der Waals surface area contributed by atoms with E-state index >= 15 is 0 Å². The van der Waals surface area contributed by atoms with Crippen molar-refractivity contribution in [3.05, 3.63) is 53.6 Å². The van der Waals surface area contributed by atoms with Crippen LogP contribution in [-0.2, 0) is 14.3 Å². The molecular formula is C23H28N4O5. The van der Waals surface area contributed by atoms with Crippen LogP contribution in [0.2, 0.25) is 0 Å². The molecule has 0 aliphatic carbocycles. The molecule has 2 aromatic rings. The molecule has 0 bridgehead atoms. The monoisotopic (exact) mass is 440 g/mol. The van der Waals surface area contributed by atoms with Crippen molar-refractivity contribution >= 4 is 34.8 Å². The van der Waals surface area contributed by atoms with Crippen LogP contribution in [0.3, 0.4) is 0 Å². The van der Waals surface area contributed by atoms with Crippen LogP contribution in [0.5, 0.6) is 0 Å². The number of carbonyl (C=O) groups excluding carboxylic acids is 2. The second kappa shape index (κ2) is 10.7. The summed E-state index contributed by atoms with van der Waals surface area (Å²) in [5.41, 5.74) is 2.88. The first-order valence-corrected chi connectivity index (χ1v) is 10.4. The van der Waals surface area contributed by atoms with Crippen LogP contribution in [-0.4, -0.2) is 74.2 Å². The molecule has 0 aromatic heterocycles. The molecule has 3 rings (SSSR count). The predicted octanol–water partition coefficient (Wildman–Crippen LogP) is 2.04. The lowest BCUT2D eigenvalue weighted by molar-refractivity contribution is -0.119. The van der Waals surface area contributed by atoms with E-state index in [9.17, 15) is 19.5 Å². The minimum absolute atomic E-state index is 0.0203. The summed E-state index contributed by atoms with van der Waals surface area (Å²) in [5.74, 6) is -1.60. The second-order valence-electron chi connectivity index (χ2n) is 7.70. The van der Waals surface area contributed by atoms with Gasteiger partial charge in [0.1, 0.15) is 6.61 Å². The number of nitrogens with one attached hydrogen (secondary N) is 2. The normalized spacial score (nSPS) is 14.1. The van der Waals surface area contributed by atoms with Gasteiger partial charge in [-0.15, -0.1) is 0 Å². The first kappa shape index (κ1) is 23.2. The maximum absolute atomic E-state index is 12.4. The summed E-state index contributed by atoms with van der Waals surface area (Å²) in [6, 6.07) is 12.6. The SMILES string of the molecule is COCC(=O)Nc1ccc(N2CCN(CC(=O)Nc3cccc(C)c3)CC2)cc1C(=O)O. The Hall–Kier alpha value is -3.43. The highest BCUT2D eigenvalue weighted by atomic mass is 16.5. The molecule has 3 N–H and O–H groups in total. The van der Waals surface area contributed by atoms with Crippen molar-refractivity contribution in [2.24, 2.45) is 0 Å². The van der Waals surface area contributed by atoms with E-state index in [4.69, 9.17) is 4.74 Å². The molecule has 0 unspecified atom stereocenters. The summed E-state index contributed by atoms with van der Waals surface area (Å²) in [7, 11) is 1.40. The summed E-state index contributed by atoms with van der Waals surface area (Å²) in [6.07, 6.45) is 0. The van der Waals surface area contributed by atoms with Crippen LogP contribution in [0, 0.1) is 6.92 Å². The summed E-state index contributed by atoms with van der Waals surface area (Å²) < 4.78 is 4.77. The average Bonchev–Trinajstić information content (AvgIpc) is 2.74. The van der Waals surface area contributed by atoms with Crippen molar-refractivity contribution < 1.29 is 24.2 Å². The summed E-state index contributed by atoms with van der Waals surface area (Å²) in [6.45, 7) is 4.79. The van der Waals surface area contributed by atoms with Gasteiger partial charge in [0.2, 0.25) is 11.8 Å². The van der Waals surface area contributed by atoms with Crippen LogP contribution in [0.4, 0.5) is 17.1 Å². The summed E-state index contributed by atoms with van der Waals surface area (Å²) in [4.78, 5) is 39.9. The maximum Gasteiger partial charge on any atom is 0.337 e. The number of benzene rings is 2. The largest absolute Gasteiger partial charge is 0.478 e. The Morgan fingerprint density at radius 1 is 1.00 bits per heavy atom. The summed E-state index contributed by atoms with van der Waals surface area (Å²) in [5, 5.41) is 15.0. The fraction of sp³-hybridized carbons (Fsp3) is 0.348. The number of rotatable bonds is 8. The van der Waals surface area contributed by atoms with Gasteiger partial charge in [-0.25, -0.2) is 4.79 Å². The van der Waals surface area contributed by atoms with Gasteiger partial charge >= 0.3 is 5.97 Å². The molecule has 0 radical (unpaired) electrons. The Labute approximate surface area is 187 Å². The van der Waals surface area contributed by atoms with E-state index in [2.05, 4.69) is 20.4 Å². The number of aromatic carboxylic acids is 1. The lowest BCUT2D eigenvalue weighted by atomic mass is 10.1. The Bertz CT molecular complexity index is 986. The molecule has 1 saturated heterocycles. The van der Waals surface area contributed by atoms with Gasteiger partial charge in [-0.1, -0.05) is 12.1 Å². The maximum atomic E-state index is 12.4. The van der Waals surface area contributed by atoms with E-state index in [-0.39, 0.29) is 23.8 Å². The number of carbonyl (C=O) groups is 3. The van der Waals surface area contributed by atoms with E-state index in [1.165, 1.54) is 7.11 Å². The molecule has 170 valence electrons. The van der Waals surface area contributed by atoms with Crippen LogP contribution >= 0.6 is 0 Å². The predicted molar refractivity (Wildman–Crippen MR) is 122 cm³/mol. The molecule has 0 atom stereocenters. The number of carboxylic acid groups (broad SMARTS) is 1. The third-order valence-electron chi connectivity index (χ3n) is 5.19. The van der Waals surface area contributed by atoms with Crippen LogP contribution in [0.15, 0.2) is 42.5 Å². The van der Waals surface area contributed by atoms with Crippen molar-refractivity contribution in [1.29, 1.82) is 0 Å². The van der Waals surface area contributed by atoms with Crippen LogP contribution in [0.25, 0.3) is 0 Å². The fourth-order valence-electron chi connectivity index (χ4n) is 3.62. The lowest BCUT2D eigenvalue weighted by Gasteiger charge is -2.36. The van der Waals surface area contributed by atoms with E-state index in [1.54, 1.807) is 18.2 Å². The zero-order chi connectivity index (χ0) is 23.1. The average molecular weight is 441 g/mol. The first-order chi connectivity index (χ1) is 15.4. The number of ether oxygens (including phenoxy) is 1. The highest BCUT2D eigenvalue weighted by Gasteiger charge is 2.21. The van der Waals surface area contributed by atoms with Gasteiger partial charge in [0.05, 0.1) is 17.8 Å². The summed E-state index contributed by atoms with van der Waals surface area (Å²) >= 11 is 0. The second-order valence-corrected chi connectivity index (χ2v) is 7.70. The molecule has 9 nitrogen and oxygen atoms in total. The standard InChI is InChI=1S/C23H28N4O5/c1-16-4-3-5-17(12-16)24-21(28)14-26-8-10-27(11-9-26)18-6-7-20(19(13-18)23(30)31)25-22(29)15-32-2/h3-7,12-13H,8-11,14-15H2,1-2H3,(H,24,28)(H,25,29)(H,30,31). The van der Waals surface area contributed by atoms with Crippen molar-refractivity contribution in [2.45, 2.75) is 6.92 Å².